The predicted molar refractivity (Wildman–Crippen MR) is 76.6 cm³/mol. The maximum Gasteiger partial charge on any atom is 0.410 e. The van der Waals surface area contributed by atoms with Crippen LogP contribution in [0, 0.1) is 5.82 Å². The molecule has 1 aromatic heterocycles. The molecule has 2 heterocycles. The first-order valence-corrected chi connectivity index (χ1v) is 6.82. The number of hydrogen-bond acceptors (Lipinski definition) is 4. The summed E-state index contributed by atoms with van der Waals surface area (Å²) in [5.41, 5.74) is -0.483. The third kappa shape index (κ3) is 7.04. The highest BCUT2D eigenvalue weighted by Crippen LogP contribution is 2.12. The number of ether oxygens (including phenoxy) is 1. The summed E-state index contributed by atoms with van der Waals surface area (Å²) in [6.45, 7) is 6.12. The van der Waals surface area contributed by atoms with Gasteiger partial charge in [-0.25, -0.2) is 14.2 Å². The number of halogens is 2. The van der Waals surface area contributed by atoms with E-state index in [2.05, 4.69) is 4.98 Å². The van der Waals surface area contributed by atoms with Gasteiger partial charge in [0.1, 0.15) is 16.6 Å². The third-order valence-corrected chi connectivity index (χ3v) is 2.59. The first-order valence-electron chi connectivity index (χ1n) is 6.44. The van der Waals surface area contributed by atoms with Gasteiger partial charge >= 0.3 is 6.09 Å². The van der Waals surface area contributed by atoms with Crippen LogP contribution in [0.4, 0.5) is 9.18 Å². The molecule has 7 heteroatoms. The summed E-state index contributed by atoms with van der Waals surface area (Å²) in [7, 11) is 0. The van der Waals surface area contributed by atoms with Crippen molar-refractivity contribution in [2.75, 3.05) is 13.1 Å². The Hall–Kier alpha value is -1.69. The quantitative estimate of drug-likeness (QED) is 0.690. The zero-order valence-corrected chi connectivity index (χ0v) is 13.0. The number of rotatable bonds is 0. The van der Waals surface area contributed by atoms with E-state index >= 15 is 0 Å². The van der Waals surface area contributed by atoms with E-state index in [1.54, 1.807) is 0 Å². The van der Waals surface area contributed by atoms with Crippen molar-refractivity contribution in [2.45, 2.75) is 32.8 Å². The van der Waals surface area contributed by atoms with E-state index in [4.69, 9.17) is 16.3 Å². The molecule has 0 unspecified atom stereocenters. The van der Waals surface area contributed by atoms with Gasteiger partial charge in [-0.05, 0) is 32.9 Å². The maximum atomic E-state index is 12.0. The smallest absolute Gasteiger partial charge is 0.410 e. The minimum atomic E-state index is -0.483. The number of hydrogen-bond donors (Lipinski definition) is 0. The third-order valence-electron chi connectivity index (χ3n) is 2.37. The second-order valence-electron chi connectivity index (χ2n) is 5.49. The van der Waals surface area contributed by atoms with Gasteiger partial charge in [-0.3, -0.25) is 4.79 Å². The highest BCUT2D eigenvalue weighted by Gasteiger charge is 2.27. The molecule has 21 heavy (non-hydrogen) atoms. The molecule has 1 aliphatic heterocycles. The molecule has 1 amide bonds. The van der Waals surface area contributed by atoms with Crippen LogP contribution in [0.2, 0.25) is 5.15 Å². The Bertz CT molecular complexity index is 479. The van der Waals surface area contributed by atoms with E-state index in [0.29, 0.717) is 18.1 Å². The Morgan fingerprint density at radius 1 is 1.43 bits per heavy atom. The number of amides is 1. The van der Waals surface area contributed by atoms with Crippen LogP contribution in [0.1, 0.15) is 27.2 Å². The van der Waals surface area contributed by atoms with Crippen LogP contribution in [-0.4, -0.2) is 40.5 Å². The van der Waals surface area contributed by atoms with Crippen molar-refractivity contribution >= 4 is 23.5 Å². The topological polar surface area (TPSA) is 59.5 Å². The highest BCUT2D eigenvalue weighted by atomic mass is 35.5. The van der Waals surface area contributed by atoms with Crippen LogP contribution in [0.25, 0.3) is 0 Å². The molecule has 0 saturated carbocycles. The summed E-state index contributed by atoms with van der Waals surface area (Å²) < 4.78 is 17.1. The predicted octanol–water partition coefficient (Wildman–Crippen LogP) is 3.07. The fourth-order valence-corrected chi connectivity index (χ4v) is 1.58. The summed E-state index contributed by atoms with van der Waals surface area (Å²) in [4.78, 5) is 27.1. The Labute approximate surface area is 128 Å². The number of carbonyl (C=O) groups is 2. The first-order chi connectivity index (χ1) is 9.67. The Kier molecular flexibility index (Phi) is 6.08. The molecular weight excluding hydrogens is 299 g/mol. The summed E-state index contributed by atoms with van der Waals surface area (Å²) in [6, 6.07) is 2.66. The number of Topliss-reactive ketones (excluding diaryl/α,β-unsaturated/α-hetero) is 1. The summed E-state index contributed by atoms with van der Waals surface area (Å²) in [5, 5.41) is 0.311. The average Bonchev–Trinajstić information content (AvgIpc) is 2.79. The molecular formula is C14H18ClFN2O3. The van der Waals surface area contributed by atoms with Gasteiger partial charge in [-0.15, -0.1) is 0 Å². The number of carbonyl (C=O) groups excluding carboxylic acids is 2. The molecule has 0 bridgehead atoms. The van der Waals surface area contributed by atoms with Gasteiger partial charge < -0.3 is 9.64 Å². The van der Waals surface area contributed by atoms with E-state index in [1.807, 2.05) is 20.8 Å². The molecule has 116 valence electrons. The molecule has 5 nitrogen and oxygen atoms in total. The molecule has 1 aromatic rings. The number of pyridine rings is 1. The molecule has 0 radical (unpaired) electrons. The highest BCUT2D eigenvalue weighted by molar-refractivity contribution is 6.29. The maximum absolute atomic E-state index is 12.0. The number of likely N-dealkylation sites (tertiary alicyclic amines) is 1. The van der Waals surface area contributed by atoms with Crippen LogP contribution in [0.5, 0.6) is 0 Å². The van der Waals surface area contributed by atoms with Crippen molar-refractivity contribution in [2.24, 2.45) is 0 Å². The lowest BCUT2D eigenvalue weighted by Crippen LogP contribution is -2.35. The largest absolute Gasteiger partial charge is 0.444 e. The summed E-state index contributed by atoms with van der Waals surface area (Å²) >= 11 is 5.33. The van der Waals surface area contributed by atoms with Gasteiger partial charge in [0.2, 0.25) is 0 Å². The number of ketones is 1. The van der Waals surface area contributed by atoms with E-state index in [1.165, 1.54) is 17.0 Å². The van der Waals surface area contributed by atoms with Crippen molar-refractivity contribution in [1.82, 2.24) is 9.88 Å². The Morgan fingerprint density at radius 2 is 2.10 bits per heavy atom. The average molecular weight is 317 g/mol. The van der Waals surface area contributed by atoms with Crippen molar-refractivity contribution in [1.29, 1.82) is 0 Å². The van der Waals surface area contributed by atoms with Gasteiger partial charge in [0, 0.05) is 13.0 Å². The molecule has 0 spiro atoms. The Morgan fingerprint density at radius 3 is 2.48 bits per heavy atom. The lowest BCUT2D eigenvalue weighted by molar-refractivity contribution is -0.116. The monoisotopic (exact) mass is 316 g/mol. The number of aromatic nitrogens is 1. The van der Waals surface area contributed by atoms with Crippen molar-refractivity contribution in [3.63, 3.8) is 0 Å². The molecule has 0 N–H and O–H groups in total. The second-order valence-corrected chi connectivity index (χ2v) is 5.88. The van der Waals surface area contributed by atoms with E-state index in [-0.39, 0.29) is 18.1 Å². The summed E-state index contributed by atoms with van der Waals surface area (Å²) in [5.74, 6) is -0.264. The molecule has 0 aliphatic carbocycles. The number of nitrogens with zero attached hydrogens (tertiary/aromatic N) is 2. The van der Waals surface area contributed by atoms with E-state index < -0.39 is 11.7 Å². The van der Waals surface area contributed by atoms with Gasteiger partial charge in [-0.2, -0.15) is 0 Å². The van der Waals surface area contributed by atoms with Crippen molar-refractivity contribution in [3.8, 4) is 0 Å². The normalized spacial score (nSPS) is 14.5. The van der Waals surface area contributed by atoms with Crippen molar-refractivity contribution < 1.29 is 18.7 Å². The first kappa shape index (κ1) is 17.4. The van der Waals surface area contributed by atoms with E-state index in [9.17, 15) is 14.0 Å². The van der Waals surface area contributed by atoms with Crippen molar-refractivity contribution in [3.05, 3.63) is 29.3 Å². The second kappa shape index (κ2) is 7.36. The van der Waals surface area contributed by atoms with Gasteiger partial charge in [0.25, 0.3) is 0 Å². The molecule has 1 aliphatic rings. The van der Waals surface area contributed by atoms with E-state index in [0.717, 1.165) is 6.20 Å². The molecule has 0 aromatic carbocycles. The summed E-state index contributed by atoms with van der Waals surface area (Å²) in [6.07, 6.45) is 1.14. The fourth-order valence-electron chi connectivity index (χ4n) is 1.47. The Balaban J connectivity index is 0.000000235. The molecule has 1 fully saturated rings. The lowest BCUT2D eigenvalue weighted by atomic mass is 10.2. The fraction of sp³-hybridized carbons (Fsp3) is 0.500. The lowest BCUT2D eigenvalue weighted by Gasteiger charge is -2.23. The van der Waals surface area contributed by atoms with Crippen LogP contribution < -0.4 is 0 Å². The minimum Gasteiger partial charge on any atom is -0.444 e. The SMILES string of the molecule is CC(C)(C)OC(=O)N1CCC(=O)C1.Fc1ccc(Cl)nc1. The zero-order chi connectivity index (χ0) is 16.0. The molecule has 0 atom stereocenters. The van der Waals surface area contributed by atoms with Crippen LogP contribution in [0.3, 0.4) is 0 Å². The molecule has 2 rings (SSSR count). The zero-order valence-electron chi connectivity index (χ0n) is 12.2. The van der Waals surface area contributed by atoms with Gasteiger partial charge in [0.15, 0.2) is 5.78 Å². The molecule has 1 saturated heterocycles. The van der Waals surface area contributed by atoms with Crippen LogP contribution in [0.15, 0.2) is 18.3 Å². The van der Waals surface area contributed by atoms with Gasteiger partial charge in [0.05, 0.1) is 12.7 Å². The standard InChI is InChI=1S/C9H15NO3.C5H3ClFN/c1-9(2,3)13-8(12)10-5-4-7(11)6-10;6-5-2-1-4(7)3-8-5/h4-6H2,1-3H3;1-3H. The van der Waals surface area contributed by atoms with Crippen LogP contribution >= 0.6 is 11.6 Å². The minimum absolute atomic E-state index is 0.103. The van der Waals surface area contributed by atoms with Crippen LogP contribution in [-0.2, 0) is 9.53 Å². The van der Waals surface area contributed by atoms with Gasteiger partial charge in [-0.1, -0.05) is 11.6 Å².